The van der Waals surface area contributed by atoms with Crippen LogP contribution in [0.5, 0.6) is 0 Å². The number of carbonyl (C=O) groups is 2. The van der Waals surface area contributed by atoms with Crippen LogP contribution >= 0.6 is 0 Å². The van der Waals surface area contributed by atoms with Gasteiger partial charge in [0, 0.05) is 23.5 Å². The van der Waals surface area contributed by atoms with Gasteiger partial charge in [-0.25, -0.2) is 4.90 Å². The van der Waals surface area contributed by atoms with Gasteiger partial charge in [-0.3, -0.25) is 19.7 Å². The zero-order valence-electron chi connectivity index (χ0n) is 18.3. The number of rotatable bonds is 3. The fourth-order valence-electron chi connectivity index (χ4n) is 6.72. The summed E-state index contributed by atoms with van der Waals surface area (Å²) in [4.78, 5) is 40.2. The van der Waals surface area contributed by atoms with Gasteiger partial charge in [0.2, 0.25) is 11.8 Å². The second-order valence-electron chi connectivity index (χ2n) is 9.22. The standard InChI is InChI=1S/C27H22N2O4/c1-3-27-19-10-6-4-8-17(19)22(18-9-5-7-11-20(18)27)23-24(27)26(31)28(25(23)30)21-14-16(29(32)33)13-12-15(21)2/h4-14,22-24H,3H2,1-2H3/t22?,23-,24+,27?/m0/s1. The van der Waals surface area contributed by atoms with Crippen LogP contribution in [0.15, 0.2) is 66.7 Å². The topological polar surface area (TPSA) is 80.5 Å². The van der Waals surface area contributed by atoms with E-state index in [2.05, 4.69) is 31.2 Å². The summed E-state index contributed by atoms with van der Waals surface area (Å²) in [6.45, 7) is 3.85. The summed E-state index contributed by atoms with van der Waals surface area (Å²) in [5.74, 6) is -1.80. The number of hydrogen-bond donors (Lipinski definition) is 0. The number of amides is 2. The predicted molar refractivity (Wildman–Crippen MR) is 123 cm³/mol. The molecule has 0 saturated carbocycles. The second-order valence-corrected chi connectivity index (χ2v) is 9.22. The Kier molecular flexibility index (Phi) is 3.97. The van der Waals surface area contributed by atoms with Crippen LogP contribution in [0.1, 0.15) is 47.1 Å². The number of aryl methyl sites for hydroxylation is 1. The maximum absolute atomic E-state index is 14.1. The molecule has 0 unspecified atom stereocenters. The molecule has 3 aliphatic carbocycles. The number of nitro groups is 1. The molecule has 1 aliphatic heterocycles. The lowest BCUT2D eigenvalue weighted by Gasteiger charge is -2.54. The van der Waals surface area contributed by atoms with Crippen molar-refractivity contribution in [3.63, 3.8) is 0 Å². The molecule has 33 heavy (non-hydrogen) atoms. The highest BCUT2D eigenvalue weighted by Crippen LogP contribution is 2.65. The minimum Gasteiger partial charge on any atom is -0.274 e. The van der Waals surface area contributed by atoms with Crippen molar-refractivity contribution in [3.8, 4) is 0 Å². The summed E-state index contributed by atoms with van der Waals surface area (Å²) in [6, 6.07) is 20.7. The molecule has 1 saturated heterocycles. The van der Waals surface area contributed by atoms with E-state index >= 15 is 0 Å². The lowest BCUT2D eigenvalue weighted by Crippen LogP contribution is -2.53. The number of anilines is 1. The first-order valence-corrected chi connectivity index (χ1v) is 11.2. The molecule has 6 heteroatoms. The minimum atomic E-state index is -0.608. The summed E-state index contributed by atoms with van der Waals surface area (Å²) < 4.78 is 0. The van der Waals surface area contributed by atoms with Crippen LogP contribution in [0.25, 0.3) is 0 Å². The van der Waals surface area contributed by atoms with Crippen molar-refractivity contribution in [1.29, 1.82) is 0 Å². The van der Waals surface area contributed by atoms with Crippen molar-refractivity contribution in [2.75, 3.05) is 4.90 Å². The lowest BCUT2D eigenvalue weighted by molar-refractivity contribution is -0.384. The highest BCUT2D eigenvalue weighted by molar-refractivity contribution is 6.24. The summed E-state index contributed by atoms with van der Waals surface area (Å²) in [5.41, 5.74) is 4.69. The maximum Gasteiger partial charge on any atom is 0.271 e. The molecule has 0 spiro atoms. The van der Waals surface area contributed by atoms with Crippen LogP contribution in [-0.2, 0) is 15.0 Å². The predicted octanol–water partition coefficient (Wildman–Crippen LogP) is 4.86. The molecule has 164 valence electrons. The number of nitro benzene ring substituents is 1. The van der Waals surface area contributed by atoms with E-state index in [0.29, 0.717) is 17.7 Å². The second kappa shape index (κ2) is 6.61. The summed E-state index contributed by atoms with van der Waals surface area (Å²) in [7, 11) is 0. The zero-order chi connectivity index (χ0) is 23.1. The van der Waals surface area contributed by atoms with E-state index in [4.69, 9.17) is 0 Å². The molecular formula is C27H22N2O4. The molecular weight excluding hydrogens is 416 g/mol. The Morgan fingerprint density at radius 2 is 1.55 bits per heavy atom. The molecule has 4 aliphatic rings. The van der Waals surface area contributed by atoms with Crippen LogP contribution in [0.2, 0.25) is 0 Å². The monoisotopic (exact) mass is 438 g/mol. The van der Waals surface area contributed by atoms with Crippen LogP contribution in [0.4, 0.5) is 11.4 Å². The van der Waals surface area contributed by atoms with E-state index in [0.717, 1.165) is 22.3 Å². The van der Waals surface area contributed by atoms with Crippen molar-refractivity contribution in [2.24, 2.45) is 11.8 Å². The van der Waals surface area contributed by atoms with Crippen molar-refractivity contribution in [1.82, 2.24) is 0 Å². The van der Waals surface area contributed by atoms with Crippen molar-refractivity contribution >= 4 is 23.2 Å². The Morgan fingerprint density at radius 1 is 0.939 bits per heavy atom. The van der Waals surface area contributed by atoms with Gasteiger partial charge < -0.3 is 0 Å². The van der Waals surface area contributed by atoms with E-state index in [1.807, 2.05) is 24.3 Å². The molecule has 3 aromatic carbocycles. The van der Waals surface area contributed by atoms with E-state index in [9.17, 15) is 19.7 Å². The quantitative estimate of drug-likeness (QED) is 0.332. The van der Waals surface area contributed by atoms with E-state index < -0.39 is 22.2 Å². The van der Waals surface area contributed by atoms with Crippen LogP contribution < -0.4 is 4.90 Å². The molecule has 2 bridgehead atoms. The average Bonchev–Trinajstić information content (AvgIpc) is 3.10. The van der Waals surface area contributed by atoms with Crippen molar-refractivity contribution in [3.05, 3.63) is 105 Å². The number of nitrogens with zero attached hydrogens (tertiary/aromatic N) is 2. The summed E-state index contributed by atoms with van der Waals surface area (Å²) >= 11 is 0. The van der Waals surface area contributed by atoms with E-state index in [-0.39, 0.29) is 23.4 Å². The third kappa shape index (κ3) is 2.28. The highest BCUT2D eigenvalue weighted by Gasteiger charge is 2.67. The Labute approximate surface area is 191 Å². The highest BCUT2D eigenvalue weighted by atomic mass is 16.6. The molecule has 3 aromatic rings. The molecule has 6 nitrogen and oxygen atoms in total. The van der Waals surface area contributed by atoms with Crippen molar-refractivity contribution in [2.45, 2.75) is 31.6 Å². The smallest absolute Gasteiger partial charge is 0.271 e. The van der Waals surface area contributed by atoms with E-state index in [1.165, 1.54) is 17.0 Å². The van der Waals surface area contributed by atoms with Gasteiger partial charge in [-0.15, -0.1) is 0 Å². The number of benzene rings is 3. The van der Waals surface area contributed by atoms with Gasteiger partial charge in [-0.2, -0.15) is 0 Å². The third-order valence-corrected chi connectivity index (χ3v) is 8.00. The third-order valence-electron chi connectivity index (χ3n) is 8.00. The first-order chi connectivity index (χ1) is 15.9. The maximum atomic E-state index is 14.1. The van der Waals surface area contributed by atoms with Gasteiger partial charge in [-0.05, 0) is 41.2 Å². The first kappa shape index (κ1) is 19.9. The van der Waals surface area contributed by atoms with Gasteiger partial charge in [0.05, 0.1) is 22.4 Å². The lowest BCUT2D eigenvalue weighted by atomic mass is 9.46. The molecule has 1 heterocycles. The van der Waals surface area contributed by atoms with Crippen LogP contribution in [0.3, 0.4) is 0 Å². The average molecular weight is 438 g/mol. The Bertz CT molecular complexity index is 1330. The molecule has 7 rings (SSSR count). The Hall–Kier alpha value is -3.80. The van der Waals surface area contributed by atoms with Gasteiger partial charge in [-0.1, -0.05) is 61.5 Å². The largest absolute Gasteiger partial charge is 0.274 e. The fraction of sp³-hybridized carbons (Fsp3) is 0.259. The number of carbonyl (C=O) groups excluding carboxylic acids is 2. The SMILES string of the molecule is CCC12c3ccccc3C(c3ccccc31)[C@@H]1C(=O)N(c3cc([N+](=O)[O-])ccc3C)C(=O)[C@@H]12. The molecule has 0 aromatic heterocycles. The summed E-state index contributed by atoms with van der Waals surface area (Å²) in [5, 5.41) is 11.4. The number of non-ortho nitro benzene ring substituents is 1. The van der Waals surface area contributed by atoms with Gasteiger partial charge in [0.1, 0.15) is 0 Å². The van der Waals surface area contributed by atoms with Gasteiger partial charge in [0.25, 0.3) is 5.69 Å². The number of imide groups is 1. The zero-order valence-corrected chi connectivity index (χ0v) is 18.3. The minimum absolute atomic E-state index is 0.133. The fourth-order valence-corrected chi connectivity index (χ4v) is 6.72. The van der Waals surface area contributed by atoms with Crippen LogP contribution in [0, 0.1) is 28.9 Å². The Morgan fingerprint density at radius 3 is 2.12 bits per heavy atom. The molecule has 1 fully saturated rings. The summed E-state index contributed by atoms with van der Waals surface area (Å²) in [6.07, 6.45) is 0.676. The molecule has 2 atom stereocenters. The van der Waals surface area contributed by atoms with Crippen LogP contribution in [-0.4, -0.2) is 16.7 Å². The van der Waals surface area contributed by atoms with Crippen molar-refractivity contribution < 1.29 is 14.5 Å². The first-order valence-electron chi connectivity index (χ1n) is 11.2. The van der Waals surface area contributed by atoms with Gasteiger partial charge >= 0.3 is 0 Å². The van der Waals surface area contributed by atoms with E-state index in [1.54, 1.807) is 13.0 Å². The van der Waals surface area contributed by atoms with Gasteiger partial charge in [0.15, 0.2) is 0 Å². The number of hydrogen-bond acceptors (Lipinski definition) is 4. The molecule has 0 N–H and O–H groups in total. The Balaban J connectivity index is 1.62. The molecule has 0 radical (unpaired) electrons. The molecule has 2 amide bonds. The normalized spacial score (nSPS) is 26.7.